The van der Waals surface area contributed by atoms with Gasteiger partial charge in [0.1, 0.15) is 12.3 Å². The number of aromatic nitrogens is 2. The smallest absolute Gasteiger partial charge is 0.217 e. The van der Waals surface area contributed by atoms with E-state index in [4.69, 9.17) is 4.74 Å². The van der Waals surface area contributed by atoms with E-state index in [0.29, 0.717) is 23.8 Å². The lowest BCUT2D eigenvalue weighted by Gasteiger charge is -2.09. The van der Waals surface area contributed by atoms with E-state index in [0.717, 1.165) is 11.1 Å². The summed E-state index contributed by atoms with van der Waals surface area (Å²) in [4.78, 5) is 23.8. The van der Waals surface area contributed by atoms with Crippen LogP contribution in [0.5, 0.6) is 0 Å². The van der Waals surface area contributed by atoms with Gasteiger partial charge in [-0.1, -0.05) is 12.1 Å². The lowest BCUT2D eigenvalue weighted by molar-refractivity contribution is 0.103. The van der Waals surface area contributed by atoms with Crippen LogP contribution in [0.15, 0.2) is 35.7 Å². The van der Waals surface area contributed by atoms with Crippen molar-refractivity contribution in [1.29, 1.82) is 0 Å². The molecule has 0 atom stereocenters. The lowest BCUT2D eigenvalue weighted by atomic mass is 9.98. The molecule has 0 aliphatic carbocycles. The molecular formula is C16H17N3O2. The Labute approximate surface area is 123 Å². The Morgan fingerprint density at radius 3 is 2.81 bits per heavy atom. The van der Waals surface area contributed by atoms with Crippen molar-refractivity contribution in [2.75, 3.05) is 6.61 Å². The normalized spacial score (nSPS) is 16.4. The average Bonchev–Trinajstić information content (AvgIpc) is 3.07. The minimum Gasteiger partial charge on any atom is -0.475 e. The molecule has 0 saturated carbocycles. The van der Waals surface area contributed by atoms with Crippen LogP contribution in [-0.2, 0) is 4.74 Å². The first-order chi connectivity index (χ1) is 9.98. The van der Waals surface area contributed by atoms with Gasteiger partial charge in [-0.05, 0) is 32.4 Å². The van der Waals surface area contributed by atoms with Crippen molar-refractivity contribution < 1.29 is 9.53 Å². The zero-order chi connectivity index (χ0) is 15.0. The van der Waals surface area contributed by atoms with Crippen molar-refractivity contribution in [1.82, 2.24) is 9.97 Å². The zero-order valence-electron chi connectivity index (χ0n) is 12.3. The van der Waals surface area contributed by atoms with Gasteiger partial charge in [0.25, 0.3) is 0 Å². The van der Waals surface area contributed by atoms with Crippen molar-refractivity contribution in [3.63, 3.8) is 0 Å². The number of aromatic amines is 1. The number of ether oxygens (including phenoxy) is 1. The fourth-order valence-corrected chi connectivity index (χ4v) is 2.36. The highest BCUT2D eigenvalue weighted by molar-refractivity contribution is 6.10. The minimum absolute atomic E-state index is 0.0790. The number of rotatable bonds is 3. The number of carbonyl (C=O) groups is 1. The van der Waals surface area contributed by atoms with Crippen LogP contribution in [0.2, 0.25) is 0 Å². The van der Waals surface area contributed by atoms with Crippen LogP contribution >= 0.6 is 0 Å². The average molecular weight is 285 g/mol. The molecule has 0 bridgehead atoms. The van der Waals surface area contributed by atoms with E-state index in [2.05, 4.69) is 15.0 Å². The topological polar surface area (TPSA) is 67.3 Å². The highest BCUT2D eigenvalue weighted by Gasteiger charge is 2.28. The largest absolute Gasteiger partial charge is 0.475 e. The number of benzene rings is 1. The summed E-state index contributed by atoms with van der Waals surface area (Å²) in [6.45, 7) is 6.51. The van der Waals surface area contributed by atoms with Crippen LogP contribution in [0.3, 0.4) is 0 Å². The van der Waals surface area contributed by atoms with Crippen LogP contribution < -0.4 is 0 Å². The fourth-order valence-electron chi connectivity index (χ4n) is 2.36. The summed E-state index contributed by atoms with van der Waals surface area (Å²) in [6, 6.07) is 5.59. The lowest BCUT2D eigenvalue weighted by Crippen LogP contribution is -2.17. The van der Waals surface area contributed by atoms with Crippen molar-refractivity contribution >= 4 is 11.7 Å². The summed E-state index contributed by atoms with van der Waals surface area (Å²) < 4.78 is 5.68. The van der Waals surface area contributed by atoms with E-state index in [1.807, 2.05) is 39.0 Å². The van der Waals surface area contributed by atoms with E-state index < -0.39 is 0 Å². The fraction of sp³-hybridized carbons (Fsp3) is 0.312. The van der Waals surface area contributed by atoms with Crippen LogP contribution in [0.25, 0.3) is 0 Å². The molecule has 2 aromatic rings. The van der Waals surface area contributed by atoms with Gasteiger partial charge in [0, 0.05) is 11.1 Å². The number of hydrogen-bond donors (Lipinski definition) is 1. The number of aliphatic imine (C=N–C) groups is 1. The molecule has 2 heterocycles. The van der Waals surface area contributed by atoms with Gasteiger partial charge in [0.15, 0.2) is 0 Å². The van der Waals surface area contributed by atoms with Crippen molar-refractivity contribution in [3.05, 3.63) is 53.1 Å². The molecule has 1 N–H and O–H groups in total. The van der Waals surface area contributed by atoms with Crippen molar-refractivity contribution in [2.45, 2.75) is 26.3 Å². The third-order valence-electron chi connectivity index (χ3n) is 3.52. The molecule has 1 aliphatic heterocycles. The number of imidazole rings is 1. The van der Waals surface area contributed by atoms with E-state index in [1.54, 1.807) is 0 Å². The number of hydrogen-bond acceptors (Lipinski definition) is 4. The van der Waals surface area contributed by atoms with E-state index in [9.17, 15) is 4.79 Å². The second-order valence-electron chi connectivity index (χ2n) is 5.79. The quantitative estimate of drug-likeness (QED) is 0.881. The van der Waals surface area contributed by atoms with Gasteiger partial charge in [-0.15, -0.1) is 0 Å². The predicted molar refractivity (Wildman–Crippen MR) is 79.8 cm³/mol. The maximum absolute atomic E-state index is 12.5. The summed E-state index contributed by atoms with van der Waals surface area (Å²) in [6.07, 6.45) is 3.03. The van der Waals surface area contributed by atoms with E-state index in [-0.39, 0.29) is 11.3 Å². The van der Waals surface area contributed by atoms with E-state index >= 15 is 0 Å². The van der Waals surface area contributed by atoms with Gasteiger partial charge in [0.2, 0.25) is 11.7 Å². The third-order valence-corrected chi connectivity index (χ3v) is 3.52. The van der Waals surface area contributed by atoms with Gasteiger partial charge in [-0.25, -0.2) is 9.98 Å². The molecule has 0 amide bonds. The highest BCUT2D eigenvalue weighted by atomic mass is 16.5. The molecule has 5 heteroatoms. The molecule has 1 aromatic carbocycles. The molecule has 21 heavy (non-hydrogen) atoms. The molecular weight excluding hydrogens is 268 g/mol. The monoisotopic (exact) mass is 285 g/mol. The highest BCUT2D eigenvalue weighted by Crippen LogP contribution is 2.24. The van der Waals surface area contributed by atoms with E-state index in [1.165, 1.54) is 12.5 Å². The standard InChI is InChI=1S/C16H17N3O2/c1-10-11(14(20)13-7-17-9-18-13)5-4-6-12(10)15-19-16(2,3)8-21-15/h4-7,9H,8H2,1-3H3,(H,17,18)/i17+1,18+1. The van der Waals surface area contributed by atoms with Gasteiger partial charge in [0.05, 0.1) is 18.1 Å². The second kappa shape index (κ2) is 4.84. The molecule has 0 fully saturated rings. The summed E-state index contributed by atoms with van der Waals surface area (Å²) in [7, 11) is 0. The number of nitrogens with zero attached hydrogens (tertiary/aromatic N) is 2. The van der Waals surface area contributed by atoms with Gasteiger partial charge < -0.3 is 9.72 Å². The zero-order valence-corrected chi connectivity index (χ0v) is 12.3. The molecule has 0 unspecified atom stereocenters. The Morgan fingerprint density at radius 2 is 2.19 bits per heavy atom. The molecule has 5 nitrogen and oxygen atoms in total. The predicted octanol–water partition coefficient (Wildman–Crippen LogP) is 2.50. The van der Waals surface area contributed by atoms with Gasteiger partial charge in [-0.2, -0.15) is 0 Å². The number of nitrogens with one attached hydrogen (secondary N) is 1. The molecule has 0 radical (unpaired) electrons. The molecule has 1 aliphatic rings. The van der Waals surface area contributed by atoms with Crippen LogP contribution in [0, 0.1) is 6.92 Å². The minimum atomic E-state index is -0.217. The SMILES string of the molecule is Cc1c(C(=O)c2c[15n]c[15nH]2)cccc1C1=NC(C)(C)CO1. The maximum Gasteiger partial charge on any atom is 0.217 e. The summed E-state index contributed by atoms with van der Waals surface area (Å²) in [5.74, 6) is 0.529. The summed E-state index contributed by atoms with van der Waals surface area (Å²) in [5.41, 5.74) is 2.63. The Morgan fingerprint density at radius 1 is 1.38 bits per heavy atom. The Hall–Kier alpha value is -2.43. The summed E-state index contributed by atoms with van der Waals surface area (Å²) >= 11 is 0. The maximum atomic E-state index is 12.5. The van der Waals surface area contributed by atoms with Gasteiger partial charge >= 0.3 is 0 Å². The first-order valence-corrected chi connectivity index (χ1v) is 6.84. The number of carbonyl (C=O) groups excluding carboxylic acids is 1. The number of H-pyrrole nitrogens is 1. The number of ketones is 1. The van der Waals surface area contributed by atoms with Crippen molar-refractivity contribution in [3.8, 4) is 0 Å². The van der Waals surface area contributed by atoms with Gasteiger partial charge in [-0.3, -0.25) is 4.79 Å². The third kappa shape index (κ3) is 2.46. The van der Waals surface area contributed by atoms with Crippen LogP contribution in [-0.4, -0.2) is 33.8 Å². The van der Waals surface area contributed by atoms with Crippen molar-refractivity contribution in [2.24, 2.45) is 4.99 Å². The summed E-state index contributed by atoms with van der Waals surface area (Å²) in [5, 5.41) is 0. The molecule has 3 rings (SSSR count). The Bertz CT molecular complexity index is 715. The first-order valence-electron chi connectivity index (χ1n) is 6.84. The molecule has 108 valence electrons. The Kier molecular flexibility index (Phi) is 3.12. The molecule has 0 saturated heterocycles. The Balaban J connectivity index is 2.02. The first kappa shape index (κ1) is 13.5. The van der Waals surface area contributed by atoms with Crippen LogP contribution in [0.1, 0.15) is 41.0 Å². The molecule has 0 spiro atoms. The second-order valence-corrected chi connectivity index (χ2v) is 5.79. The molecule has 1 aromatic heterocycles. The van der Waals surface area contributed by atoms with Crippen LogP contribution in [0.4, 0.5) is 0 Å².